The van der Waals surface area contributed by atoms with Crippen molar-refractivity contribution in [3.63, 3.8) is 0 Å². The normalized spacial score (nSPS) is 10.9. The summed E-state index contributed by atoms with van der Waals surface area (Å²) in [6.45, 7) is 3.05. The molecule has 5 nitrogen and oxygen atoms in total. The number of aryl methyl sites for hydroxylation is 1. The Balaban J connectivity index is 2.02. The number of carbonyl (C=O) groups excluding carboxylic acids is 1. The number of rotatable bonds is 12. The van der Waals surface area contributed by atoms with Gasteiger partial charge in [-0.2, -0.15) is 5.10 Å². The van der Waals surface area contributed by atoms with Crippen molar-refractivity contribution in [2.75, 3.05) is 5.73 Å². The average molecular weight is 294 g/mol. The summed E-state index contributed by atoms with van der Waals surface area (Å²) in [5, 5.41) is 4.10. The van der Waals surface area contributed by atoms with E-state index < -0.39 is 5.91 Å². The largest absolute Gasteiger partial charge is 0.396 e. The number of carbonyl (C=O) groups is 1. The van der Waals surface area contributed by atoms with Gasteiger partial charge in [0.25, 0.3) is 5.91 Å². The molecule has 0 saturated heterocycles. The zero-order valence-corrected chi connectivity index (χ0v) is 13.3. The topological polar surface area (TPSA) is 86.9 Å². The second-order valence-corrected chi connectivity index (χ2v) is 5.74. The molecule has 120 valence electrons. The summed E-state index contributed by atoms with van der Waals surface area (Å²) >= 11 is 0. The van der Waals surface area contributed by atoms with Gasteiger partial charge in [0.15, 0.2) is 5.69 Å². The first-order valence-corrected chi connectivity index (χ1v) is 8.28. The Kier molecular flexibility index (Phi) is 8.55. The van der Waals surface area contributed by atoms with Crippen molar-refractivity contribution in [2.45, 2.75) is 77.7 Å². The maximum Gasteiger partial charge on any atom is 0.271 e. The molecule has 1 rings (SSSR count). The highest BCUT2D eigenvalue weighted by molar-refractivity contribution is 5.95. The molecule has 1 aromatic rings. The molecule has 1 amide bonds. The van der Waals surface area contributed by atoms with Crippen LogP contribution in [0.1, 0.15) is 81.6 Å². The van der Waals surface area contributed by atoms with Crippen LogP contribution < -0.4 is 11.5 Å². The molecule has 0 bridgehead atoms. The molecule has 4 N–H and O–H groups in total. The number of aromatic nitrogens is 2. The van der Waals surface area contributed by atoms with E-state index in [1.807, 2.05) is 0 Å². The minimum Gasteiger partial charge on any atom is -0.396 e. The third-order valence-corrected chi connectivity index (χ3v) is 3.76. The highest BCUT2D eigenvalue weighted by Crippen LogP contribution is 2.12. The van der Waals surface area contributed by atoms with Gasteiger partial charge in [0.1, 0.15) is 0 Å². The quantitative estimate of drug-likeness (QED) is 0.578. The summed E-state index contributed by atoms with van der Waals surface area (Å²) in [5.41, 5.74) is 11.4. The van der Waals surface area contributed by atoms with Crippen LogP contribution in [0.2, 0.25) is 0 Å². The lowest BCUT2D eigenvalue weighted by atomic mass is 10.1. The molecule has 0 spiro atoms. The zero-order valence-electron chi connectivity index (χ0n) is 13.3. The SMILES string of the molecule is CCCCCCCCCCCCn1cc(N)c(C(N)=O)n1. The standard InChI is InChI=1S/C16H30N4O/c1-2-3-4-5-6-7-8-9-10-11-12-20-13-14(17)15(19-20)16(18)21/h13H,2-12,17H2,1H3,(H2,18,21). The van der Waals surface area contributed by atoms with Crippen molar-refractivity contribution in [3.8, 4) is 0 Å². The number of primary amides is 1. The van der Waals surface area contributed by atoms with Crippen LogP contribution in [-0.4, -0.2) is 15.7 Å². The van der Waals surface area contributed by atoms with Crippen LogP contribution in [0.4, 0.5) is 5.69 Å². The van der Waals surface area contributed by atoms with Gasteiger partial charge >= 0.3 is 0 Å². The van der Waals surface area contributed by atoms with Gasteiger partial charge in [-0.1, -0.05) is 64.7 Å². The van der Waals surface area contributed by atoms with Gasteiger partial charge in [-0.25, -0.2) is 0 Å². The fourth-order valence-electron chi connectivity index (χ4n) is 2.50. The molecule has 0 aromatic carbocycles. The zero-order chi connectivity index (χ0) is 15.5. The van der Waals surface area contributed by atoms with E-state index in [-0.39, 0.29) is 5.69 Å². The van der Waals surface area contributed by atoms with Crippen LogP contribution >= 0.6 is 0 Å². The Labute approximate surface area is 128 Å². The lowest BCUT2D eigenvalue weighted by molar-refractivity contribution is 0.0995. The minimum absolute atomic E-state index is 0.182. The van der Waals surface area contributed by atoms with E-state index in [0.717, 1.165) is 13.0 Å². The number of nitrogen functional groups attached to an aromatic ring is 1. The highest BCUT2D eigenvalue weighted by atomic mass is 16.1. The van der Waals surface area contributed by atoms with Crippen molar-refractivity contribution in [3.05, 3.63) is 11.9 Å². The van der Waals surface area contributed by atoms with Crippen LogP contribution in [0.15, 0.2) is 6.20 Å². The molecule has 0 aliphatic rings. The molecular weight excluding hydrogens is 264 g/mol. The van der Waals surface area contributed by atoms with Gasteiger partial charge in [0.05, 0.1) is 5.69 Å². The lowest BCUT2D eigenvalue weighted by Gasteiger charge is -2.03. The van der Waals surface area contributed by atoms with Gasteiger partial charge < -0.3 is 11.5 Å². The second-order valence-electron chi connectivity index (χ2n) is 5.74. The predicted molar refractivity (Wildman–Crippen MR) is 87.0 cm³/mol. The van der Waals surface area contributed by atoms with Crippen LogP contribution in [0, 0.1) is 0 Å². The molecule has 0 radical (unpaired) electrons. The maximum absolute atomic E-state index is 11.0. The number of nitrogens with two attached hydrogens (primary N) is 2. The smallest absolute Gasteiger partial charge is 0.271 e. The minimum atomic E-state index is -0.561. The van der Waals surface area contributed by atoms with Crippen LogP contribution in [0.3, 0.4) is 0 Å². The summed E-state index contributed by atoms with van der Waals surface area (Å²) in [7, 11) is 0. The molecule has 0 aliphatic carbocycles. The van der Waals surface area contributed by atoms with Crippen molar-refractivity contribution >= 4 is 11.6 Å². The highest BCUT2D eigenvalue weighted by Gasteiger charge is 2.10. The molecule has 0 unspecified atom stereocenters. The second kappa shape index (κ2) is 10.2. The average Bonchev–Trinajstić information content (AvgIpc) is 2.82. The number of hydrogen-bond acceptors (Lipinski definition) is 3. The molecular formula is C16H30N4O. The number of amides is 1. The van der Waals surface area contributed by atoms with Crippen LogP contribution in [-0.2, 0) is 6.54 Å². The Morgan fingerprint density at radius 1 is 1.05 bits per heavy atom. The van der Waals surface area contributed by atoms with Crippen molar-refractivity contribution in [1.29, 1.82) is 0 Å². The fraction of sp³-hybridized carbons (Fsp3) is 0.750. The summed E-state index contributed by atoms with van der Waals surface area (Å²) in [5.74, 6) is -0.561. The molecule has 1 heterocycles. The third kappa shape index (κ3) is 7.16. The summed E-state index contributed by atoms with van der Waals surface area (Å²) in [4.78, 5) is 11.0. The van der Waals surface area contributed by atoms with E-state index in [0.29, 0.717) is 5.69 Å². The Bertz CT molecular complexity index is 414. The van der Waals surface area contributed by atoms with E-state index in [9.17, 15) is 4.79 Å². The van der Waals surface area contributed by atoms with E-state index in [1.165, 1.54) is 57.8 Å². The molecule has 1 aromatic heterocycles. The van der Waals surface area contributed by atoms with Crippen LogP contribution in [0.5, 0.6) is 0 Å². The van der Waals surface area contributed by atoms with Gasteiger partial charge in [0, 0.05) is 12.7 Å². The first-order valence-electron chi connectivity index (χ1n) is 8.28. The van der Waals surface area contributed by atoms with Gasteiger partial charge in [-0.05, 0) is 6.42 Å². The fourth-order valence-corrected chi connectivity index (χ4v) is 2.50. The number of hydrogen-bond donors (Lipinski definition) is 2. The lowest BCUT2D eigenvalue weighted by Crippen LogP contribution is -2.14. The van der Waals surface area contributed by atoms with Crippen molar-refractivity contribution in [1.82, 2.24) is 9.78 Å². The molecule has 0 aliphatic heterocycles. The molecule has 0 fully saturated rings. The summed E-state index contributed by atoms with van der Waals surface area (Å²) < 4.78 is 1.72. The molecule has 21 heavy (non-hydrogen) atoms. The summed E-state index contributed by atoms with van der Waals surface area (Å²) in [6.07, 6.45) is 14.7. The summed E-state index contributed by atoms with van der Waals surface area (Å²) in [6, 6.07) is 0. The first-order chi connectivity index (χ1) is 10.1. The van der Waals surface area contributed by atoms with E-state index >= 15 is 0 Å². The molecule has 5 heteroatoms. The Hall–Kier alpha value is -1.52. The number of nitrogens with zero attached hydrogens (tertiary/aromatic N) is 2. The molecule has 0 saturated carbocycles. The van der Waals surface area contributed by atoms with Gasteiger partial charge in [-0.15, -0.1) is 0 Å². The van der Waals surface area contributed by atoms with E-state index in [1.54, 1.807) is 10.9 Å². The van der Waals surface area contributed by atoms with Crippen molar-refractivity contribution < 1.29 is 4.79 Å². The first kappa shape index (κ1) is 17.5. The van der Waals surface area contributed by atoms with Gasteiger partial charge in [0.2, 0.25) is 0 Å². The monoisotopic (exact) mass is 294 g/mol. The van der Waals surface area contributed by atoms with Gasteiger partial charge in [-0.3, -0.25) is 9.48 Å². The van der Waals surface area contributed by atoms with E-state index in [4.69, 9.17) is 11.5 Å². The van der Waals surface area contributed by atoms with Crippen LogP contribution in [0.25, 0.3) is 0 Å². The Morgan fingerprint density at radius 3 is 2.05 bits per heavy atom. The molecule has 0 atom stereocenters. The predicted octanol–water partition coefficient (Wildman–Crippen LogP) is 3.49. The Morgan fingerprint density at radius 2 is 1.57 bits per heavy atom. The van der Waals surface area contributed by atoms with E-state index in [2.05, 4.69) is 12.0 Å². The van der Waals surface area contributed by atoms with Crippen molar-refractivity contribution in [2.24, 2.45) is 5.73 Å². The third-order valence-electron chi connectivity index (χ3n) is 3.76. The number of unbranched alkanes of at least 4 members (excludes halogenated alkanes) is 9. The maximum atomic E-state index is 11.0. The number of anilines is 1.